The number of aryl methyl sites for hydroxylation is 1. The summed E-state index contributed by atoms with van der Waals surface area (Å²) >= 11 is 3.36. The molecule has 0 aliphatic heterocycles. The molecule has 6 heteroatoms. The summed E-state index contributed by atoms with van der Waals surface area (Å²) in [6, 6.07) is 1.61. The average Bonchev–Trinajstić information content (AvgIpc) is 2.45. The van der Waals surface area contributed by atoms with Gasteiger partial charge >= 0.3 is 5.97 Å². The second kappa shape index (κ2) is 6.67. The van der Waals surface area contributed by atoms with Gasteiger partial charge in [-0.1, -0.05) is 0 Å². The van der Waals surface area contributed by atoms with Crippen LogP contribution in [0.25, 0.3) is 0 Å². The van der Waals surface area contributed by atoms with Gasteiger partial charge in [0.25, 0.3) is 0 Å². The Hall–Kier alpha value is -1.95. The van der Waals surface area contributed by atoms with E-state index in [1.54, 1.807) is 26.1 Å². The number of hydrogen-bond donors (Lipinski definition) is 0. The number of aromatic nitrogens is 2. The van der Waals surface area contributed by atoms with E-state index >= 15 is 0 Å². The van der Waals surface area contributed by atoms with Crippen molar-refractivity contribution in [3.8, 4) is 11.5 Å². The molecular weight excluding hydrogens is 336 g/mol. The van der Waals surface area contributed by atoms with Crippen molar-refractivity contribution in [3.63, 3.8) is 0 Å². The van der Waals surface area contributed by atoms with E-state index in [9.17, 15) is 4.79 Å². The Kier molecular flexibility index (Phi) is 4.90. The molecule has 0 spiro atoms. The average molecular weight is 350 g/mol. The number of nitrogens with zero attached hydrogens (tertiary/aromatic N) is 2. The van der Waals surface area contributed by atoms with Crippen LogP contribution in [0.2, 0.25) is 0 Å². The number of hydrogen-bond acceptors (Lipinski definition) is 5. The van der Waals surface area contributed by atoms with Crippen LogP contribution in [0.4, 0.5) is 0 Å². The van der Waals surface area contributed by atoms with Crippen LogP contribution in [0.15, 0.2) is 22.9 Å². The zero-order valence-corrected chi connectivity index (χ0v) is 13.5. The first-order valence-electron chi connectivity index (χ1n) is 6.37. The molecule has 0 aliphatic carbocycles. The van der Waals surface area contributed by atoms with Crippen molar-refractivity contribution in [1.29, 1.82) is 0 Å². The maximum atomic E-state index is 11.9. The number of rotatable bonds is 4. The predicted molar refractivity (Wildman–Crippen MR) is 80.5 cm³/mol. The third kappa shape index (κ3) is 3.39. The van der Waals surface area contributed by atoms with Gasteiger partial charge in [0, 0.05) is 24.0 Å². The van der Waals surface area contributed by atoms with Gasteiger partial charge in [-0.05, 0) is 36.7 Å². The number of halogens is 1. The number of pyridine rings is 2. The monoisotopic (exact) mass is 349 g/mol. The molecule has 5 nitrogen and oxygen atoms in total. The van der Waals surface area contributed by atoms with Gasteiger partial charge in [-0.3, -0.25) is 9.97 Å². The van der Waals surface area contributed by atoms with Crippen LogP contribution in [-0.4, -0.2) is 22.5 Å². The molecule has 21 heavy (non-hydrogen) atoms. The molecule has 0 bridgehead atoms. The lowest BCUT2D eigenvalue weighted by atomic mass is 10.1. The van der Waals surface area contributed by atoms with Crippen LogP contribution in [0, 0.1) is 20.0 Å². The standard InChI is InChI=1S/C15H14BrN2O3/c1-4-20-15(19)11-7-18-10(3)14(9(11)2)21-13-5-6-17-8-12(13)16/h5,7-8H,4H2,1-3H3. The zero-order valence-electron chi connectivity index (χ0n) is 11.9. The van der Waals surface area contributed by atoms with Gasteiger partial charge in [0.05, 0.1) is 28.5 Å². The molecule has 2 heterocycles. The van der Waals surface area contributed by atoms with Crippen molar-refractivity contribution < 1.29 is 14.3 Å². The van der Waals surface area contributed by atoms with Gasteiger partial charge in [-0.25, -0.2) is 4.79 Å². The first-order valence-corrected chi connectivity index (χ1v) is 7.16. The molecule has 0 fully saturated rings. The number of esters is 1. The number of ether oxygens (including phenoxy) is 2. The molecule has 0 saturated heterocycles. The van der Waals surface area contributed by atoms with Crippen LogP contribution < -0.4 is 4.74 Å². The Morgan fingerprint density at radius 2 is 2.14 bits per heavy atom. The normalized spacial score (nSPS) is 10.3. The van der Waals surface area contributed by atoms with E-state index in [1.807, 2.05) is 6.92 Å². The number of carbonyl (C=O) groups excluding carboxylic acids is 1. The molecule has 0 amide bonds. The molecule has 2 rings (SSSR count). The van der Waals surface area contributed by atoms with Crippen molar-refractivity contribution in [3.05, 3.63) is 46.0 Å². The van der Waals surface area contributed by atoms with Gasteiger partial charge in [0.2, 0.25) is 0 Å². The molecule has 0 aromatic carbocycles. The molecule has 1 radical (unpaired) electrons. The third-order valence-corrected chi connectivity index (χ3v) is 3.45. The Balaban J connectivity index is 2.42. The smallest absolute Gasteiger partial charge is 0.340 e. The van der Waals surface area contributed by atoms with E-state index in [1.165, 1.54) is 6.20 Å². The Morgan fingerprint density at radius 1 is 1.38 bits per heavy atom. The Morgan fingerprint density at radius 3 is 2.81 bits per heavy atom. The highest BCUT2D eigenvalue weighted by atomic mass is 79.9. The second-order valence-electron chi connectivity index (χ2n) is 4.28. The fraction of sp³-hybridized carbons (Fsp3) is 0.267. The Labute approximate surface area is 131 Å². The fourth-order valence-electron chi connectivity index (χ4n) is 1.79. The molecule has 2 aromatic heterocycles. The van der Waals surface area contributed by atoms with E-state index in [0.29, 0.717) is 39.4 Å². The van der Waals surface area contributed by atoms with E-state index in [2.05, 4.69) is 32.1 Å². The van der Waals surface area contributed by atoms with E-state index < -0.39 is 5.97 Å². The van der Waals surface area contributed by atoms with Gasteiger partial charge < -0.3 is 9.47 Å². The SMILES string of the molecule is CCOC(=O)c1cnc(C)c(Oc2c[c]ncc2Br)c1C. The van der Waals surface area contributed by atoms with E-state index in [4.69, 9.17) is 9.47 Å². The summed E-state index contributed by atoms with van der Waals surface area (Å²) in [4.78, 5) is 20.0. The van der Waals surface area contributed by atoms with Crippen molar-refractivity contribution in [2.24, 2.45) is 0 Å². The molecule has 2 aromatic rings. The zero-order chi connectivity index (χ0) is 15.4. The molecule has 0 unspecified atom stereocenters. The lowest BCUT2D eigenvalue weighted by Gasteiger charge is -2.14. The summed E-state index contributed by atoms with van der Waals surface area (Å²) in [5, 5.41) is 0. The first kappa shape index (κ1) is 15.4. The van der Waals surface area contributed by atoms with Crippen LogP contribution in [0.3, 0.4) is 0 Å². The maximum Gasteiger partial charge on any atom is 0.340 e. The third-order valence-electron chi connectivity index (χ3n) is 2.85. The lowest BCUT2D eigenvalue weighted by molar-refractivity contribution is 0.0524. The molecule has 0 aliphatic rings. The van der Waals surface area contributed by atoms with Gasteiger partial charge in [0.15, 0.2) is 5.75 Å². The van der Waals surface area contributed by atoms with Crippen molar-refractivity contribution >= 4 is 21.9 Å². The highest BCUT2D eigenvalue weighted by molar-refractivity contribution is 9.10. The quantitative estimate of drug-likeness (QED) is 0.788. The first-order chi connectivity index (χ1) is 10.0. The fourth-order valence-corrected chi connectivity index (χ4v) is 2.08. The highest BCUT2D eigenvalue weighted by Gasteiger charge is 2.18. The van der Waals surface area contributed by atoms with Crippen LogP contribution in [-0.2, 0) is 4.74 Å². The summed E-state index contributed by atoms with van der Waals surface area (Å²) in [5.74, 6) is 0.674. The lowest BCUT2D eigenvalue weighted by Crippen LogP contribution is -2.09. The Bertz CT molecular complexity index is 674. The minimum atomic E-state index is -0.410. The molecular formula is C15H14BrN2O3. The summed E-state index contributed by atoms with van der Waals surface area (Å²) in [6.07, 6.45) is 5.79. The summed E-state index contributed by atoms with van der Waals surface area (Å²) in [7, 11) is 0. The summed E-state index contributed by atoms with van der Waals surface area (Å²) in [6.45, 7) is 5.69. The molecule has 0 N–H and O–H groups in total. The largest absolute Gasteiger partial charge is 0.462 e. The van der Waals surface area contributed by atoms with Crippen LogP contribution >= 0.6 is 15.9 Å². The van der Waals surface area contributed by atoms with Gasteiger partial charge in [0.1, 0.15) is 5.75 Å². The molecule has 0 atom stereocenters. The van der Waals surface area contributed by atoms with Crippen LogP contribution in [0.5, 0.6) is 11.5 Å². The summed E-state index contributed by atoms with van der Waals surface area (Å²) in [5.41, 5.74) is 1.76. The number of carbonyl (C=O) groups is 1. The van der Waals surface area contributed by atoms with Crippen molar-refractivity contribution in [1.82, 2.24) is 9.97 Å². The van der Waals surface area contributed by atoms with E-state index in [-0.39, 0.29) is 0 Å². The van der Waals surface area contributed by atoms with Crippen molar-refractivity contribution in [2.75, 3.05) is 6.61 Å². The minimum absolute atomic E-state index is 0.313. The van der Waals surface area contributed by atoms with Crippen molar-refractivity contribution in [2.45, 2.75) is 20.8 Å². The minimum Gasteiger partial charge on any atom is -0.462 e. The van der Waals surface area contributed by atoms with Crippen LogP contribution in [0.1, 0.15) is 28.5 Å². The predicted octanol–water partition coefficient (Wildman–Crippen LogP) is 3.63. The molecule has 0 saturated carbocycles. The second-order valence-corrected chi connectivity index (χ2v) is 5.13. The topological polar surface area (TPSA) is 61.3 Å². The highest BCUT2D eigenvalue weighted by Crippen LogP contribution is 2.33. The van der Waals surface area contributed by atoms with Gasteiger partial charge in [-0.15, -0.1) is 0 Å². The van der Waals surface area contributed by atoms with Gasteiger partial charge in [-0.2, -0.15) is 0 Å². The molecule has 109 valence electrons. The van der Waals surface area contributed by atoms with E-state index in [0.717, 1.165) is 0 Å². The maximum absolute atomic E-state index is 11.9. The summed E-state index contributed by atoms with van der Waals surface area (Å²) < 4.78 is 11.6.